The predicted molar refractivity (Wildman–Crippen MR) is 106 cm³/mol. The molecule has 1 aliphatic heterocycles. The zero-order valence-corrected chi connectivity index (χ0v) is 16.6. The molecule has 152 valence electrons. The number of halogens is 1. The van der Waals surface area contributed by atoms with Crippen molar-refractivity contribution < 1.29 is 24.0 Å². The van der Waals surface area contributed by atoms with Crippen LogP contribution >= 0.6 is 11.6 Å². The van der Waals surface area contributed by atoms with Crippen LogP contribution in [0.4, 0.5) is 11.4 Å². The lowest BCUT2D eigenvalue weighted by Crippen LogP contribution is -2.27. The van der Waals surface area contributed by atoms with E-state index < -0.39 is 22.9 Å². The highest BCUT2D eigenvalue weighted by Crippen LogP contribution is 2.36. The Kier molecular flexibility index (Phi) is 6.03. The van der Waals surface area contributed by atoms with E-state index in [1.807, 2.05) is 0 Å². The van der Waals surface area contributed by atoms with Crippen molar-refractivity contribution >= 4 is 34.9 Å². The molecule has 1 heterocycles. The number of esters is 1. The minimum absolute atomic E-state index is 0.00381. The highest BCUT2D eigenvalue weighted by atomic mass is 35.5. The van der Waals surface area contributed by atoms with Gasteiger partial charge in [0.15, 0.2) is 0 Å². The number of nitrogens with zero attached hydrogens (tertiary/aromatic N) is 2. The summed E-state index contributed by atoms with van der Waals surface area (Å²) in [6, 6.07) is 10.8. The molecule has 1 fully saturated rings. The Morgan fingerprint density at radius 3 is 2.76 bits per heavy atom. The third-order valence-corrected chi connectivity index (χ3v) is 4.97. The van der Waals surface area contributed by atoms with Gasteiger partial charge in [0.1, 0.15) is 11.9 Å². The molecule has 0 bridgehead atoms. The third-order valence-electron chi connectivity index (χ3n) is 4.73. The van der Waals surface area contributed by atoms with Crippen molar-refractivity contribution in [2.75, 3.05) is 18.6 Å². The van der Waals surface area contributed by atoms with Crippen LogP contribution in [0.2, 0.25) is 5.02 Å². The van der Waals surface area contributed by atoms with Gasteiger partial charge in [0, 0.05) is 30.1 Å². The van der Waals surface area contributed by atoms with Gasteiger partial charge in [0.2, 0.25) is 5.91 Å². The molecular weight excluding hydrogens is 400 g/mol. The second kappa shape index (κ2) is 8.48. The molecule has 0 aliphatic carbocycles. The van der Waals surface area contributed by atoms with Crippen molar-refractivity contribution in [1.29, 1.82) is 0 Å². The van der Waals surface area contributed by atoms with Gasteiger partial charge < -0.3 is 14.4 Å². The van der Waals surface area contributed by atoms with E-state index in [1.54, 1.807) is 31.2 Å². The van der Waals surface area contributed by atoms with E-state index in [9.17, 15) is 19.7 Å². The molecule has 0 aromatic heterocycles. The first-order valence-electron chi connectivity index (χ1n) is 8.89. The van der Waals surface area contributed by atoms with Crippen molar-refractivity contribution in [2.24, 2.45) is 5.92 Å². The second-order valence-corrected chi connectivity index (χ2v) is 7.09. The third kappa shape index (κ3) is 4.48. The van der Waals surface area contributed by atoms with Gasteiger partial charge in [-0.2, -0.15) is 0 Å². The van der Waals surface area contributed by atoms with Crippen molar-refractivity contribution in [3.63, 3.8) is 0 Å². The molecule has 2 atom stereocenters. The van der Waals surface area contributed by atoms with Crippen molar-refractivity contribution in [3.8, 4) is 5.75 Å². The zero-order valence-electron chi connectivity index (χ0n) is 15.8. The smallest absolute Gasteiger partial charge is 0.311 e. The van der Waals surface area contributed by atoms with E-state index in [4.69, 9.17) is 21.1 Å². The van der Waals surface area contributed by atoms with Crippen molar-refractivity contribution in [3.05, 3.63) is 63.2 Å². The molecule has 0 spiro atoms. The topological polar surface area (TPSA) is 99.0 Å². The highest BCUT2D eigenvalue weighted by Gasteiger charge is 2.38. The number of nitro benzene ring substituents is 1. The standard InChI is InChI=1S/C20H19ClN2O6/c1-12(13-4-3-5-16(8-13)23(26)27)29-20(25)14-9-19(24)22(11-14)17-10-15(21)6-7-18(17)28-2/h3-8,10,12,14H,9,11H2,1-2H3/t12-,14+/m1/s1. The van der Waals surface area contributed by atoms with Crippen LogP contribution in [0.15, 0.2) is 42.5 Å². The van der Waals surface area contributed by atoms with Crippen LogP contribution in [0.5, 0.6) is 5.75 Å². The van der Waals surface area contributed by atoms with E-state index in [0.29, 0.717) is 22.0 Å². The molecule has 9 heteroatoms. The SMILES string of the molecule is COc1ccc(Cl)cc1N1C[C@@H](C(=O)O[C@H](C)c2cccc([N+](=O)[O-])c2)CC1=O. The minimum Gasteiger partial charge on any atom is -0.495 e. The van der Waals surface area contributed by atoms with Crippen LogP contribution in [-0.2, 0) is 14.3 Å². The zero-order chi connectivity index (χ0) is 21.1. The lowest BCUT2D eigenvalue weighted by Gasteiger charge is -2.20. The fourth-order valence-corrected chi connectivity index (χ4v) is 3.37. The van der Waals surface area contributed by atoms with Gasteiger partial charge in [-0.3, -0.25) is 19.7 Å². The van der Waals surface area contributed by atoms with Crippen LogP contribution in [0.3, 0.4) is 0 Å². The molecule has 1 aliphatic rings. The quantitative estimate of drug-likeness (QED) is 0.400. The summed E-state index contributed by atoms with van der Waals surface area (Å²) in [5.41, 5.74) is 0.915. The number of carbonyl (C=O) groups is 2. The number of hydrogen-bond donors (Lipinski definition) is 0. The molecule has 0 saturated carbocycles. The average Bonchev–Trinajstić information content (AvgIpc) is 3.09. The summed E-state index contributed by atoms with van der Waals surface area (Å²) in [5.74, 6) is -0.967. The second-order valence-electron chi connectivity index (χ2n) is 6.65. The van der Waals surface area contributed by atoms with Gasteiger partial charge in [-0.05, 0) is 30.7 Å². The Balaban J connectivity index is 1.71. The Morgan fingerprint density at radius 1 is 1.31 bits per heavy atom. The van der Waals surface area contributed by atoms with E-state index >= 15 is 0 Å². The molecule has 0 unspecified atom stereocenters. The monoisotopic (exact) mass is 418 g/mol. The summed E-state index contributed by atoms with van der Waals surface area (Å²) in [6.45, 7) is 1.77. The first-order chi connectivity index (χ1) is 13.8. The first-order valence-corrected chi connectivity index (χ1v) is 9.26. The Hall–Kier alpha value is -3.13. The number of methoxy groups -OCH3 is 1. The molecule has 29 heavy (non-hydrogen) atoms. The Morgan fingerprint density at radius 2 is 2.07 bits per heavy atom. The largest absolute Gasteiger partial charge is 0.495 e. The summed E-state index contributed by atoms with van der Waals surface area (Å²) in [4.78, 5) is 37.0. The Bertz CT molecular complexity index is 964. The molecule has 8 nitrogen and oxygen atoms in total. The molecule has 1 saturated heterocycles. The summed E-state index contributed by atoms with van der Waals surface area (Å²) in [5, 5.41) is 11.4. The molecule has 0 radical (unpaired) electrons. The van der Waals surface area contributed by atoms with E-state index in [0.717, 1.165) is 0 Å². The van der Waals surface area contributed by atoms with Crippen LogP contribution in [0.1, 0.15) is 25.0 Å². The van der Waals surface area contributed by atoms with Crippen LogP contribution in [-0.4, -0.2) is 30.5 Å². The number of nitro groups is 1. The number of non-ortho nitro benzene ring substituents is 1. The summed E-state index contributed by atoms with van der Waals surface area (Å²) < 4.78 is 10.8. The highest BCUT2D eigenvalue weighted by molar-refractivity contribution is 6.31. The fraction of sp³-hybridized carbons (Fsp3) is 0.300. The maximum absolute atomic E-state index is 12.6. The van der Waals surface area contributed by atoms with Gasteiger partial charge in [0.05, 0.1) is 23.6 Å². The number of hydrogen-bond acceptors (Lipinski definition) is 6. The molecule has 2 aromatic rings. The summed E-state index contributed by atoms with van der Waals surface area (Å²) >= 11 is 6.04. The van der Waals surface area contributed by atoms with Gasteiger partial charge in [-0.1, -0.05) is 23.7 Å². The van der Waals surface area contributed by atoms with Gasteiger partial charge >= 0.3 is 5.97 Å². The molecule has 3 rings (SSSR count). The number of anilines is 1. The van der Waals surface area contributed by atoms with Crippen LogP contribution in [0.25, 0.3) is 0 Å². The first kappa shape index (κ1) is 20.6. The fourth-order valence-electron chi connectivity index (χ4n) is 3.20. The normalized spacial score (nSPS) is 17.1. The number of ether oxygens (including phenoxy) is 2. The molecular formula is C20H19ClN2O6. The Labute approximate surface area is 172 Å². The predicted octanol–water partition coefficient (Wildman–Crippen LogP) is 3.91. The number of rotatable bonds is 6. The van der Waals surface area contributed by atoms with Crippen molar-refractivity contribution in [1.82, 2.24) is 0 Å². The summed E-state index contributed by atoms with van der Waals surface area (Å²) in [6.07, 6.45) is -0.692. The molecule has 1 amide bonds. The molecule has 2 aromatic carbocycles. The van der Waals surface area contributed by atoms with Crippen molar-refractivity contribution in [2.45, 2.75) is 19.4 Å². The van der Waals surface area contributed by atoms with E-state index in [1.165, 1.54) is 30.2 Å². The van der Waals surface area contributed by atoms with Crippen LogP contribution in [0, 0.1) is 16.0 Å². The number of benzene rings is 2. The lowest BCUT2D eigenvalue weighted by molar-refractivity contribution is -0.385. The minimum atomic E-state index is -0.688. The summed E-state index contributed by atoms with van der Waals surface area (Å²) in [7, 11) is 1.49. The molecule has 0 N–H and O–H groups in total. The average molecular weight is 419 g/mol. The number of carbonyl (C=O) groups excluding carboxylic acids is 2. The number of amides is 1. The van der Waals surface area contributed by atoms with Gasteiger partial charge in [-0.25, -0.2) is 0 Å². The lowest BCUT2D eigenvalue weighted by atomic mass is 10.1. The van der Waals surface area contributed by atoms with Crippen LogP contribution < -0.4 is 9.64 Å². The maximum atomic E-state index is 12.6. The maximum Gasteiger partial charge on any atom is 0.311 e. The van der Waals surface area contributed by atoms with E-state index in [-0.39, 0.29) is 24.6 Å². The van der Waals surface area contributed by atoms with Gasteiger partial charge in [0.25, 0.3) is 5.69 Å². The van der Waals surface area contributed by atoms with Gasteiger partial charge in [-0.15, -0.1) is 0 Å². The van der Waals surface area contributed by atoms with E-state index in [2.05, 4.69) is 0 Å².